The number of halogens is 5. The van der Waals surface area contributed by atoms with E-state index in [2.05, 4.69) is 15.2 Å². The van der Waals surface area contributed by atoms with Crippen molar-refractivity contribution in [1.29, 1.82) is 0 Å². The molecule has 1 fully saturated rings. The van der Waals surface area contributed by atoms with Crippen molar-refractivity contribution in [2.45, 2.75) is 25.6 Å². The first-order valence-corrected chi connectivity index (χ1v) is 11.4. The fraction of sp³-hybridized carbons (Fsp3) is 0.375. The molecule has 0 amide bonds. The van der Waals surface area contributed by atoms with Gasteiger partial charge in [-0.2, -0.15) is 13.2 Å². The van der Waals surface area contributed by atoms with Gasteiger partial charge in [-0.05, 0) is 56.1 Å². The number of ether oxygens (including phenoxy) is 1. The number of fused-ring (bicyclic) bond motifs is 2. The lowest BCUT2D eigenvalue weighted by molar-refractivity contribution is -0.184. The van der Waals surface area contributed by atoms with Crippen LogP contribution < -0.4 is 10.5 Å². The summed E-state index contributed by atoms with van der Waals surface area (Å²) in [5.41, 5.74) is 7.04. The summed E-state index contributed by atoms with van der Waals surface area (Å²) in [6.07, 6.45) is -2.42. The third-order valence-corrected chi connectivity index (χ3v) is 6.34. The van der Waals surface area contributed by atoms with Gasteiger partial charge in [0.2, 0.25) is 0 Å². The van der Waals surface area contributed by atoms with Crippen molar-refractivity contribution in [3.63, 3.8) is 0 Å². The molecule has 2 atom stereocenters. The van der Waals surface area contributed by atoms with Crippen LogP contribution in [0.15, 0.2) is 42.6 Å². The van der Waals surface area contributed by atoms with Crippen molar-refractivity contribution in [3.05, 3.63) is 54.0 Å². The number of hydrogen-bond acceptors (Lipinski definition) is 6. The molecule has 3 aromatic heterocycles. The molecule has 0 unspecified atom stereocenters. The Morgan fingerprint density at radius 1 is 1.17 bits per heavy atom. The SMILES string of the molecule is CCOc1cc2nc(-c3nnc4ccc([C@H](N5CC[C@@H](CN)C5)C(F)(F)F)cn34)ccc2cc1F.Cl. The van der Waals surface area contributed by atoms with Crippen LogP contribution in [0.25, 0.3) is 28.1 Å². The van der Waals surface area contributed by atoms with Crippen LogP contribution in [-0.4, -0.2) is 56.9 Å². The number of hydrogen-bond donors (Lipinski definition) is 1. The third-order valence-electron chi connectivity index (χ3n) is 6.34. The normalized spacial score (nSPS) is 17.4. The zero-order valence-corrected chi connectivity index (χ0v) is 20.2. The highest BCUT2D eigenvalue weighted by molar-refractivity contribution is 5.85. The van der Waals surface area contributed by atoms with E-state index in [1.807, 2.05) is 0 Å². The second-order valence-electron chi connectivity index (χ2n) is 8.65. The quantitative estimate of drug-likeness (QED) is 0.365. The molecular formula is C24H25ClF4N6O. The summed E-state index contributed by atoms with van der Waals surface area (Å²) in [6.45, 7) is 3.02. The molecule has 0 saturated carbocycles. The maximum absolute atomic E-state index is 14.2. The van der Waals surface area contributed by atoms with Crippen molar-refractivity contribution in [3.8, 4) is 17.3 Å². The molecule has 5 rings (SSSR count). The predicted molar refractivity (Wildman–Crippen MR) is 130 cm³/mol. The number of nitrogens with zero attached hydrogens (tertiary/aromatic N) is 5. The Balaban J connectivity index is 0.00000304. The van der Waals surface area contributed by atoms with Gasteiger partial charge in [0.25, 0.3) is 0 Å². The molecule has 1 saturated heterocycles. The number of pyridine rings is 2. The van der Waals surface area contributed by atoms with E-state index in [1.54, 1.807) is 19.1 Å². The van der Waals surface area contributed by atoms with Gasteiger partial charge in [-0.25, -0.2) is 9.37 Å². The molecule has 4 heterocycles. The number of rotatable bonds is 6. The van der Waals surface area contributed by atoms with Gasteiger partial charge < -0.3 is 10.5 Å². The van der Waals surface area contributed by atoms with E-state index in [0.717, 1.165) is 0 Å². The minimum Gasteiger partial charge on any atom is -0.491 e. The van der Waals surface area contributed by atoms with E-state index in [4.69, 9.17) is 10.5 Å². The topological polar surface area (TPSA) is 81.6 Å². The second kappa shape index (κ2) is 10.2. The highest BCUT2D eigenvalue weighted by atomic mass is 35.5. The van der Waals surface area contributed by atoms with Crippen LogP contribution in [-0.2, 0) is 0 Å². The Kier molecular flexibility index (Phi) is 7.35. The standard InChI is InChI=1S/C24H24F4N6O.ClH/c1-2-35-20-10-19-15(9-17(20)25)3-5-18(30-19)23-32-31-21-6-4-16(13-34(21)23)22(24(26,27)28)33-8-7-14(11-29)12-33;/h3-6,9-10,13-14,22H,2,7-8,11-12,29H2,1H3;1H/t14-,22-;/m0./s1. The number of nitrogens with two attached hydrogens (primary N) is 1. The smallest absolute Gasteiger partial charge is 0.408 e. The van der Waals surface area contributed by atoms with Gasteiger partial charge in [-0.3, -0.25) is 9.30 Å². The van der Waals surface area contributed by atoms with Crippen LogP contribution in [0.2, 0.25) is 0 Å². The molecule has 0 spiro atoms. The molecule has 0 aliphatic carbocycles. The van der Waals surface area contributed by atoms with Crippen LogP contribution >= 0.6 is 12.4 Å². The molecule has 0 radical (unpaired) electrons. The minimum absolute atomic E-state index is 0. The molecule has 36 heavy (non-hydrogen) atoms. The summed E-state index contributed by atoms with van der Waals surface area (Å²) in [7, 11) is 0. The lowest BCUT2D eigenvalue weighted by Crippen LogP contribution is -2.37. The van der Waals surface area contributed by atoms with Crippen LogP contribution in [0, 0.1) is 11.7 Å². The zero-order valence-electron chi connectivity index (χ0n) is 19.4. The van der Waals surface area contributed by atoms with Crippen molar-refractivity contribution >= 4 is 29.0 Å². The largest absolute Gasteiger partial charge is 0.491 e. The van der Waals surface area contributed by atoms with Crippen molar-refractivity contribution in [2.24, 2.45) is 11.7 Å². The van der Waals surface area contributed by atoms with Gasteiger partial charge >= 0.3 is 6.18 Å². The average Bonchev–Trinajstić information content (AvgIpc) is 3.46. The highest BCUT2D eigenvalue weighted by Crippen LogP contribution is 2.40. The summed E-state index contributed by atoms with van der Waals surface area (Å²) in [6, 6.07) is 7.33. The lowest BCUT2D eigenvalue weighted by atomic mass is 10.1. The Labute approximate surface area is 210 Å². The second-order valence-corrected chi connectivity index (χ2v) is 8.65. The molecule has 4 aromatic rings. The lowest BCUT2D eigenvalue weighted by Gasteiger charge is -2.30. The van der Waals surface area contributed by atoms with E-state index in [-0.39, 0.29) is 35.5 Å². The molecule has 2 N–H and O–H groups in total. The van der Waals surface area contributed by atoms with Crippen molar-refractivity contribution < 1.29 is 22.3 Å². The predicted octanol–water partition coefficient (Wildman–Crippen LogP) is 4.79. The van der Waals surface area contributed by atoms with Crippen molar-refractivity contribution in [2.75, 3.05) is 26.2 Å². The summed E-state index contributed by atoms with van der Waals surface area (Å²) in [4.78, 5) is 5.99. The Morgan fingerprint density at radius 2 is 1.97 bits per heavy atom. The number of likely N-dealkylation sites (tertiary alicyclic amines) is 1. The van der Waals surface area contributed by atoms with E-state index in [9.17, 15) is 17.6 Å². The van der Waals surface area contributed by atoms with E-state index < -0.39 is 18.0 Å². The van der Waals surface area contributed by atoms with Gasteiger partial charge in [-0.15, -0.1) is 22.6 Å². The maximum Gasteiger partial charge on any atom is 0.408 e. The first-order chi connectivity index (χ1) is 16.8. The van der Waals surface area contributed by atoms with Crippen LogP contribution in [0.3, 0.4) is 0 Å². The summed E-state index contributed by atoms with van der Waals surface area (Å²) >= 11 is 0. The summed E-state index contributed by atoms with van der Waals surface area (Å²) < 4.78 is 63.6. The molecule has 7 nitrogen and oxygen atoms in total. The molecule has 192 valence electrons. The fourth-order valence-electron chi connectivity index (χ4n) is 4.65. The summed E-state index contributed by atoms with van der Waals surface area (Å²) in [5.74, 6) is -0.0913. The van der Waals surface area contributed by atoms with Crippen LogP contribution in [0.4, 0.5) is 17.6 Å². The fourth-order valence-corrected chi connectivity index (χ4v) is 4.65. The molecule has 1 aliphatic heterocycles. The van der Waals surface area contributed by atoms with Gasteiger partial charge in [0, 0.05) is 24.2 Å². The molecule has 0 bridgehead atoms. The van der Waals surface area contributed by atoms with Gasteiger partial charge in [-0.1, -0.05) is 12.1 Å². The van der Waals surface area contributed by atoms with E-state index in [0.29, 0.717) is 54.9 Å². The third kappa shape index (κ3) is 4.82. The minimum atomic E-state index is -4.47. The highest BCUT2D eigenvalue weighted by Gasteiger charge is 2.46. The van der Waals surface area contributed by atoms with Crippen LogP contribution in [0.1, 0.15) is 24.9 Å². The first kappa shape index (κ1) is 26.1. The van der Waals surface area contributed by atoms with Gasteiger partial charge in [0.1, 0.15) is 11.7 Å². The summed E-state index contributed by atoms with van der Waals surface area (Å²) in [5, 5.41) is 8.83. The van der Waals surface area contributed by atoms with E-state index in [1.165, 1.54) is 39.8 Å². The Hall–Kier alpha value is -3.02. The Morgan fingerprint density at radius 3 is 2.67 bits per heavy atom. The van der Waals surface area contributed by atoms with Gasteiger partial charge in [0.15, 0.2) is 23.0 Å². The first-order valence-electron chi connectivity index (χ1n) is 11.4. The number of benzene rings is 1. The number of aromatic nitrogens is 4. The van der Waals surface area contributed by atoms with Crippen LogP contribution in [0.5, 0.6) is 5.75 Å². The van der Waals surface area contributed by atoms with Crippen molar-refractivity contribution in [1.82, 2.24) is 24.5 Å². The van der Waals surface area contributed by atoms with Gasteiger partial charge in [0.05, 0.1) is 12.1 Å². The maximum atomic E-state index is 14.2. The molecule has 12 heteroatoms. The average molecular weight is 525 g/mol. The molecular weight excluding hydrogens is 500 g/mol. The monoisotopic (exact) mass is 524 g/mol. The zero-order chi connectivity index (χ0) is 24.7. The molecule has 1 aliphatic rings. The number of alkyl halides is 3. The molecule has 1 aromatic carbocycles. The Bertz CT molecular complexity index is 1380. The van der Waals surface area contributed by atoms with E-state index >= 15 is 0 Å².